The van der Waals surface area contributed by atoms with E-state index in [0.717, 1.165) is 12.8 Å². The average Bonchev–Trinajstić information content (AvgIpc) is 3.22. The number of rotatable bonds is 4. The third-order valence-corrected chi connectivity index (χ3v) is 10.5. The minimum absolute atomic E-state index is 1.16. The Morgan fingerprint density at radius 1 is 0.704 bits per heavy atom. The van der Waals surface area contributed by atoms with E-state index in [1.54, 1.807) is 43.8 Å². The molecule has 2 aliphatic rings. The van der Waals surface area contributed by atoms with Crippen LogP contribution in [0.4, 0.5) is 0 Å². The van der Waals surface area contributed by atoms with Crippen LogP contribution >= 0.6 is 0 Å². The number of allylic oxidation sites excluding steroid dienone is 2. The minimum atomic E-state index is -1.81. The third-order valence-electron chi connectivity index (χ3n) is 6.84. The van der Waals surface area contributed by atoms with Crippen molar-refractivity contribution in [2.45, 2.75) is 66.5 Å². The van der Waals surface area contributed by atoms with Gasteiger partial charge < -0.3 is 0 Å². The van der Waals surface area contributed by atoms with E-state index in [1.165, 1.54) is 24.0 Å². The maximum Gasteiger partial charge on any atom is 0.113 e. The highest BCUT2D eigenvalue weighted by Crippen LogP contribution is 2.50. The van der Waals surface area contributed by atoms with Crippen LogP contribution in [0, 0.1) is 13.8 Å². The minimum Gasteiger partial charge on any atom is -0.0658 e. The standard InChI is InChI=1S/C26H32Si/c1-7-19-15-21-13-9-11-17(3)23(21)25(19)27(5,6)26-20(8-2)16-22-14-10-12-18(4)24(22)26/h9-14H,7-8,15-16H2,1-6H3. The SMILES string of the molecule is CCC1=C([Si](C)(C)C2=C(CC)Cc3cccc(C)c32)c2c(C)cccc2C1. The van der Waals surface area contributed by atoms with E-state index in [9.17, 15) is 0 Å². The van der Waals surface area contributed by atoms with E-state index in [-0.39, 0.29) is 0 Å². The van der Waals surface area contributed by atoms with E-state index in [0.29, 0.717) is 0 Å². The molecule has 2 aliphatic carbocycles. The molecule has 0 spiro atoms. The normalized spacial score (nSPS) is 16.2. The maximum atomic E-state index is 2.62. The van der Waals surface area contributed by atoms with Crippen LogP contribution in [0.15, 0.2) is 47.5 Å². The Kier molecular flexibility index (Phi) is 4.54. The number of aryl methyl sites for hydroxylation is 2. The summed E-state index contributed by atoms with van der Waals surface area (Å²) in [6.07, 6.45) is 4.67. The molecule has 0 bridgehead atoms. The Bertz CT molecular complexity index is 906. The van der Waals surface area contributed by atoms with Crippen LogP contribution < -0.4 is 0 Å². The van der Waals surface area contributed by atoms with Crippen molar-refractivity contribution >= 4 is 18.5 Å². The topological polar surface area (TPSA) is 0 Å². The highest BCUT2D eigenvalue weighted by molar-refractivity contribution is 7.09. The lowest BCUT2D eigenvalue weighted by Crippen LogP contribution is -2.32. The monoisotopic (exact) mass is 372 g/mol. The van der Waals surface area contributed by atoms with Crippen molar-refractivity contribution in [2.75, 3.05) is 0 Å². The number of hydrogen-bond donors (Lipinski definition) is 0. The lowest BCUT2D eigenvalue weighted by molar-refractivity contribution is 1.03. The molecule has 0 radical (unpaired) electrons. The molecule has 0 atom stereocenters. The summed E-state index contributed by atoms with van der Waals surface area (Å²) < 4.78 is 0. The van der Waals surface area contributed by atoms with Crippen molar-refractivity contribution < 1.29 is 0 Å². The molecular weight excluding hydrogens is 340 g/mol. The van der Waals surface area contributed by atoms with Crippen molar-refractivity contribution in [2.24, 2.45) is 0 Å². The molecule has 140 valence electrons. The first kappa shape index (κ1) is 18.5. The van der Waals surface area contributed by atoms with Gasteiger partial charge >= 0.3 is 0 Å². The summed E-state index contributed by atoms with van der Waals surface area (Å²) >= 11 is 0. The second-order valence-corrected chi connectivity index (χ2v) is 13.1. The van der Waals surface area contributed by atoms with Gasteiger partial charge in [-0.3, -0.25) is 0 Å². The lowest BCUT2D eigenvalue weighted by atomic mass is 10.0. The third kappa shape index (κ3) is 2.70. The molecule has 2 aromatic rings. The van der Waals surface area contributed by atoms with Gasteiger partial charge in [-0.2, -0.15) is 0 Å². The lowest BCUT2D eigenvalue weighted by Gasteiger charge is -2.32. The van der Waals surface area contributed by atoms with Gasteiger partial charge in [0.25, 0.3) is 0 Å². The summed E-state index contributed by atoms with van der Waals surface area (Å²) in [5.41, 5.74) is 12.6. The van der Waals surface area contributed by atoms with Gasteiger partial charge in [0.2, 0.25) is 0 Å². The second-order valence-electron chi connectivity index (χ2n) is 8.86. The molecule has 0 saturated heterocycles. The zero-order chi connectivity index (χ0) is 19.3. The van der Waals surface area contributed by atoms with Crippen molar-refractivity contribution in [3.8, 4) is 0 Å². The zero-order valence-electron chi connectivity index (χ0n) is 17.8. The van der Waals surface area contributed by atoms with E-state index < -0.39 is 8.07 Å². The fourth-order valence-corrected chi connectivity index (χ4v) is 10.2. The summed E-state index contributed by atoms with van der Waals surface area (Å²) in [6, 6.07) is 13.8. The van der Waals surface area contributed by atoms with Crippen molar-refractivity contribution in [3.05, 3.63) is 80.9 Å². The molecular formula is C26H32Si. The van der Waals surface area contributed by atoms with E-state index in [2.05, 4.69) is 77.2 Å². The highest BCUT2D eigenvalue weighted by Gasteiger charge is 2.42. The molecule has 0 heterocycles. The molecule has 27 heavy (non-hydrogen) atoms. The van der Waals surface area contributed by atoms with Crippen LogP contribution in [-0.4, -0.2) is 8.07 Å². The predicted molar refractivity (Wildman–Crippen MR) is 122 cm³/mol. The van der Waals surface area contributed by atoms with Gasteiger partial charge in [0.1, 0.15) is 8.07 Å². The number of fused-ring (bicyclic) bond motifs is 2. The molecule has 0 fully saturated rings. The molecule has 0 amide bonds. The molecule has 0 aromatic heterocycles. The highest BCUT2D eigenvalue weighted by atomic mass is 28.3. The molecule has 0 aliphatic heterocycles. The van der Waals surface area contributed by atoms with Crippen LogP contribution in [0.5, 0.6) is 0 Å². The van der Waals surface area contributed by atoms with Crippen LogP contribution in [0.2, 0.25) is 13.1 Å². The second kappa shape index (κ2) is 6.63. The maximum absolute atomic E-state index is 2.62. The number of hydrogen-bond acceptors (Lipinski definition) is 0. The fraction of sp³-hybridized carbons (Fsp3) is 0.385. The fourth-order valence-electron chi connectivity index (χ4n) is 5.69. The summed E-state index contributed by atoms with van der Waals surface area (Å²) in [7, 11) is -1.81. The quantitative estimate of drug-likeness (QED) is 0.497. The number of benzene rings is 2. The summed E-state index contributed by atoms with van der Waals surface area (Å²) in [5.74, 6) is 0. The Labute approximate surface area is 166 Å². The van der Waals surface area contributed by atoms with Crippen molar-refractivity contribution in [1.29, 1.82) is 0 Å². The molecule has 0 nitrogen and oxygen atoms in total. The molecule has 0 unspecified atom stereocenters. The first-order chi connectivity index (χ1) is 12.9. The summed E-state index contributed by atoms with van der Waals surface area (Å²) in [6.45, 7) is 14.6. The first-order valence-corrected chi connectivity index (χ1v) is 13.5. The van der Waals surface area contributed by atoms with Gasteiger partial charge in [0.15, 0.2) is 0 Å². The van der Waals surface area contributed by atoms with Gasteiger partial charge in [-0.05, 0) is 83.3 Å². The van der Waals surface area contributed by atoms with Gasteiger partial charge in [0.05, 0.1) is 0 Å². The molecule has 2 aromatic carbocycles. The van der Waals surface area contributed by atoms with Crippen LogP contribution in [0.3, 0.4) is 0 Å². The van der Waals surface area contributed by atoms with E-state index in [1.807, 2.05) is 0 Å². The molecule has 1 heteroatoms. The molecule has 0 saturated carbocycles. The average molecular weight is 373 g/mol. The van der Waals surface area contributed by atoms with Gasteiger partial charge in [-0.25, -0.2) is 0 Å². The Hall–Kier alpha value is -1.86. The van der Waals surface area contributed by atoms with Gasteiger partial charge in [-0.1, -0.05) is 74.5 Å². The first-order valence-electron chi connectivity index (χ1n) is 10.5. The van der Waals surface area contributed by atoms with E-state index in [4.69, 9.17) is 0 Å². The Balaban J connectivity index is 1.98. The predicted octanol–water partition coefficient (Wildman–Crippen LogP) is 7.23. The zero-order valence-corrected chi connectivity index (χ0v) is 18.8. The van der Waals surface area contributed by atoms with Gasteiger partial charge in [-0.15, -0.1) is 0 Å². The van der Waals surface area contributed by atoms with Crippen molar-refractivity contribution in [3.63, 3.8) is 0 Å². The summed E-state index contributed by atoms with van der Waals surface area (Å²) in [4.78, 5) is 0. The van der Waals surface area contributed by atoms with Crippen LogP contribution in [0.25, 0.3) is 10.4 Å². The molecule has 4 rings (SSSR count). The van der Waals surface area contributed by atoms with Crippen LogP contribution in [-0.2, 0) is 12.8 Å². The smallest absolute Gasteiger partial charge is 0.0658 e. The Morgan fingerprint density at radius 3 is 1.48 bits per heavy atom. The van der Waals surface area contributed by atoms with Crippen molar-refractivity contribution in [1.82, 2.24) is 0 Å². The van der Waals surface area contributed by atoms with Gasteiger partial charge in [0, 0.05) is 0 Å². The molecule has 0 N–H and O–H groups in total. The van der Waals surface area contributed by atoms with Crippen LogP contribution in [0.1, 0.15) is 60.1 Å². The largest absolute Gasteiger partial charge is 0.113 e. The summed E-state index contributed by atoms with van der Waals surface area (Å²) in [5, 5.41) is 3.49. The Morgan fingerprint density at radius 2 is 1.11 bits per heavy atom. The van der Waals surface area contributed by atoms with E-state index >= 15 is 0 Å².